The Morgan fingerprint density at radius 1 is 1.21 bits per heavy atom. The van der Waals surface area contributed by atoms with Crippen molar-refractivity contribution in [2.24, 2.45) is 5.92 Å². The van der Waals surface area contributed by atoms with Gasteiger partial charge in [0.15, 0.2) is 0 Å². The van der Waals surface area contributed by atoms with Crippen LogP contribution in [0.3, 0.4) is 0 Å². The first-order valence-corrected chi connectivity index (χ1v) is 10.1. The molecule has 3 N–H and O–H groups in total. The topological polar surface area (TPSA) is 75.3 Å². The monoisotopic (exact) mass is 416 g/mol. The van der Waals surface area contributed by atoms with Crippen molar-refractivity contribution in [3.63, 3.8) is 0 Å². The smallest absolute Gasteiger partial charge is 0.257 e. The van der Waals surface area contributed by atoms with Crippen LogP contribution in [-0.2, 0) is 11.3 Å². The van der Waals surface area contributed by atoms with E-state index in [0.717, 1.165) is 32.0 Å². The summed E-state index contributed by atoms with van der Waals surface area (Å²) in [5, 5.41) is 10.3. The quantitative estimate of drug-likeness (QED) is 0.675. The van der Waals surface area contributed by atoms with Crippen LogP contribution in [0, 0.1) is 5.92 Å². The van der Waals surface area contributed by atoms with Gasteiger partial charge in [-0.05, 0) is 48.6 Å². The van der Waals surface area contributed by atoms with E-state index in [1.165, 1.54) is 24.8 Å². The molecular weight excluding hydrogens is 388 g/mol. The van der Waals surface area contributed by atoms with E-state index >= 15 is 0 Å². The van der Waals surface area contributed by atoms with Crippen LogP contribution >= 0.6 is 12.4 Å². The molecule has 6 nitrogen and oxygen atoms in total. The maximum atomic E-state index is 12.2. The second-order valence-corrected chi connectivity index (χ2v) is 7.61. The fourth-order valence-electron chi connectivity index (χ4n) is 4.24. The van der Waals surface area contributed by atoms with Crippen molar-refractivity contribution in [3.8, 4) is 0 Å². The van der Waals surface area contributed by atoms with Gasteiger partial charge >= 0.3 is 0 Å². The summed E-state index contributed by atoms with van der Waals surface area (Å²) in [6, 6.07) is 12.6. The van der Waals surface area contributed by atoms with Crippen LogP contribution in [0.2, 0.25) is 0 Å². The summed E-state index contributed by atoms with van der Waals surface area (Å²) in [6.07, 6.45) is 6.99. The lowest BCUT2D eigenvalue weighted by atomic mass is 9.94. The van der Waals surface area contributed by atoms with Crippen molar-refractivity contribution in [2.75, 3.05) is 25.1 Å². The van der Waals surface area contributed by atoms with Gasteiger partial charge in [0.2, 0.25) is 0 Å². The Morgan fingerprint density at radius 3 is 2.79 bits per heavy atom. The van der Waals surface area contributed by atoms with Crippen LogP contribution < -0.4 is 16.0 Å². The molecule has 3 unspecified atom stereocenters. The van der Waals surface area contributed by atoms with E-state index in [1.54, 1.807) is 24.5 Å². The van der Waals surface area contributed by atoms with Crippen LogP contribution in [0.25, 0.3) is 0 Å². The average Bonchev–Trinajstić information content (AvgIpc) is 3.23. The lowest BCUT2D eigenvalue weighted by molar-refractivity contribution is 0.0524. The molecule has 4 rings (SSSR count). The number of nitrogens with one attached hydrogen (secondary N) is 3. The van der Waals surface area contributed by atoms with E-state index < -0.39 is 0 Å². The summed E-state index contributed by atoms with van der Waals surface area (Å²) in [7, 11) is 0. The Bertz CT molecular complexity index is 766. The highest BCUT2D eigenvalue weighted by molar-refractivity contribution is 6.03. The number of aromatic nitrogens is 1. The maximum absolute atomic E-state index is 12.2. The van der Waals surface area contributed by atoms with Crippen LogP contribution in [0.15, 0.2) is 48.8 Å². The highest BCUT2D eigenvalue weighted by Gasteiger charge is 2.34. The van der Waals surface area contributed by atoms with Crippen molar-refractivity contribution in [1.82, 2.24) is 15.6 Å². The molecule has 7 heteroatoms. The molecule has 1 aliphatic carbocycles. The standard InChI is InChI=1S/C22H28N4O2.ClH/c27-22(17-3-2-10-23-14-17)26-18-8-6-16(7-9-18)13-25-20-5-1-4-19(20)21-15-28-12-11-24-21;/h2-3,6-10,14,19-21,24-25H,1,4-5,11-13,15H2,(H,26,27);1H. The third-order valence-corrected chi connectivity index (χ3v) is 5.74. The first-order chi connectivity index (χ1) is 13.8. The number of ether oxygens (including phenoxy) is 1. The Morgan fingerprint density at radius 2 is 2.07 bits per heavy atom. The van der Waals surface area contributed by atoms with E-state index in [4.69, 9.17) is 4.74 Å². The van der Waals surface area contributed by atoms with E-state index in [1.807, 2.05) is 12.1 Å². The Labute approximate surface area is 178 Å². The van der Waals surface area contributed by atoms with Gasteiger partial charge in [0, 0.05) is 43.3 Å². The average molecular weight is 417 g/mol. The minimum absolute atomic E-state index is 0. The molecule has 0 radical (unpaired) electrons. The first-order valence-electron chi connectivity index (χ1n) is 10.1. The Kier molecular flexibility index (Phi) is 8.00. The lowest BCUT2D eigenvalue weighted by Gasteiger charge is -2.33. The second-order valence-electron chi connectivity index (χ2n) is 7.61. The number of hydrogen-bond acceptors (Lipinski definition) is 5. The summed E-state index contributed by atoms with van der Waals surface area (Å²) >= 11 is 0. The molecule has 156 valence electrons. The zero-order chi connectivity index (χ0) is 19.2. The zero-order valence-corrected chi connectivity index (χ0v) is 17.3. The molecule has 1 aliphatic heterocycles. The number of nitrogens with zero attached hydrogens (tertiary/aromatic N) is 1. The van der Waals surface area contributed by atoms with Gasteiger partial charge in [-0.1, -0.05) is 18.6 Å². The first kappa shape index (κ1) is 21.7. The molecule has 1 saturated carbocycles. The summed E-state index contributed by atoms with van der Waals surface area (Å²) in [5.74, 6) is 0.494. The van der Waals surface area contributed by atoms with Gasteiger partial charge < -0.3 is 20.7 Å². The molecule has 2 aromatic rings. The van der Waals surface area contributed by atoms with E-state index in [0.29, 0.717) is 23.6 Å². The number of hydrogen-bond donors (Lipinski definition) is 3. The molecule has 2 heterocycles. The summed E-state index contributed by atoms with van der Waals surface area (Å²) in [4.78, 5) is 16.2. The molecule has 1 saturated heterocycles. The van der Waals surface area contributed by atoms with Gasteiger partial charge in [-0.2, -0.15) is 0 Å². The van der Waals surface area contributed by atoms with Gasteiger partial charge in [-0.3, -0.25) is 9.78 Å². The minimum Gasteiger partial charge on any atom is -0.379 e. The molecule has 1 aromatic carbocycles. The highest BCUT2D eigenvalue weighted by Crippen LogP contribution is 2.29. The van der Waals surface area contributed by atoms with Gasteiger partial charge in [-0.25, -0.2) is 0 Å². The summed E-state index contributed by atoms with van der Waals surface area (Å²) in [6.45, 7) is 3.45. The molecular formula is C22H29ClN4O2. The molecule has 3 atom stereocenters. The van der Waals surface area contributed by atoms with Crippen LogP contribution in [0.5, 0.6) is 0 Å². The van der Waals surface area contributed by atoms with E-state index in [-0.39, 0.29) is 18.3 Å². The fourth-order valence-corrected chi connectivity index (χ4v) is 4.24. The van der Waals surface area contributed by atoms with Crippen molar-refractivity contribution in [1.29, 1.82) is 0 Å². The van der Waals surface area contributed by atoms with Crippen LogP contribution in [0.4, 0.5) is 5.69 Å². The normalized spacial score (nSPS) is 23.9. The predicted molar refractivity (Wildman–Crippen MR) is 116 cm³/mol. The number of amides is 1. The molecule has 29 heavy (non-hydrogen) atoms. The fraction of sp³-hybridized carbons (Fsp3) is 0.455. The van der Waals surface area contributed by atoms with Crippen LogP contribution in [-0.4, -0.2) is 42.7 Å². The van der Waals surface area contributed by atoms with Crippen molar-refractivity contribution < 1.29 is 9.53 Å². The molecule has 2 aliphatic rings. The molecule has 1 aromatic heterocycles. The number of anilines is 1. The number of carbonyl (C=O) groups excluding carboxylic acids is 1. The zero-order valence-electron chi connectivity index (χ0n) is 16.5. The maximum Gasteiger partial charge on any atom is 0.257 e. The molecule has 0 spiro atoms. The lowest BCUT2D eigenvalue weighted by Crippen LogP contribution is -2.50. The number of pyridine rings is 1. The van der Waals surface area contributed by atoms with E-state index in [9.17, 15) is 4.79 Å². The predicted octanol–water partition coefficient (Wildman–Crippen LogP) is 3.00. The van der Waals surface area contributed by atoms with Crippen molar-refractivity contribution >= 4 is 24.0 Å². The number of benzene rings is 1. The third-order valence-electron chi connectivity index (χ3n) is 5.74. The van der Waals surface area contributed by atoms with Gasteiger partial charge in [0.1, 0.15) is 0 Å². The van der Waals surface area contributed by atoms with E-state index in [2.05, 4.69) is 33.1 Å². The molecule has 1 amide bonds. The van der Waals surface area contributed by atoms with Crippen molar-refractivity contribution in [3.05, 3.63) is 59.9 Å². The van der Waals surface area contributed by atoms with Gasteiger partial charge in [0.25, 0.3) is 5.91 Å². The largest absolute Gasteiger partial charge is 0.379 e. The van der Waals surface area contributed by atoms with Gasteiger partial charge in [-0.15, -0.1) is 12.4 Å². The molecule has 2 fully saturated rings. The minimum atomic E-state index is -0.144. The highest BCUT2D eigenvalue weighted by atomic mass is 35.5. The molecule has 0 bridgehead atoms. The summed E-state index contributed by atoms with van der Waals surface area (Å²) in [5.41, 5.74) is 2.57. The van der Waals surface area contributed by atoms with Gasteiger partial charge in [0.05, 0.1) is 18.8 Å². The summed E-state index contributed by atoms with van der Waals surface area (Å²) < 4.78 is 5.65. The third kappa shape index (κ3) is 5.76. The SMILES string of the molecule is Cl.O=C(Nc1ccc(CNC2CCCC2C2COCCN2)cc1)c1cccnc1. The number of halogens is 1. The second kappa shape index (κ2) is 10.7. The van der Waals surface area contributed by atoms with Crippen molar-refractivity contribution in [2.45, 2.75) is 37.9 Å². The Balaban J connectivity index is 0.00000240. The number of carbonyl (C=O) groups is 1. The van der Waals surface area contributed by atoms with Crippen LogP contribution in [0.1, 0.15) is 35.2 Å². The Hall–Kier alpha value is -1.99. The number of morpholine rings is 1. The number of rotatable bonds is 6.